The Labute approximate surface area is 83.2 Å². The van der Waals surface area contributed by atoms with Gasteiger partial charge in [0, 0.05) is 18.3 Å². The Kier molecular flexibility index (Phi) is 2.60. The highest BCUT2D eigenvalue weighted by atomic mass is 15.3. The van der Waals surface area contributed by atoms with E-state index in [2.05, 4.69) is 17.2 Å². The van der Waals surface area contributed by atoms with Gasteiger partial charge in [0.05, 0.1) is 12.7 Å². The molecule has 0 amide bonds. The molecule has 2 N–H and O–H groups in total. The summed E-state index contributed by atoms with van der Waals surface area (Å²) in [6.45, 7) is 1.36. The molecule has 0 bridgehead atoms. The molecule has 2 aromatic rings. The first kappa shape index (κ1) is 8.97. The first-order valence-electron chi connectivity index (χ1n) is 4.64. The predicted molar refractivity (Wildman–Crippen MR) is 55.7 cm³/mol. The maximum Gasteiger partial charge on any atom is 0.0659 e. The van der Waals surface area contributed by atoms with Gasteiger partial charge in [-0.3, -0.25) is 4.68 Å². The normalized spacial score (nSPS) is 10.4. The molecule has 14 heavy (non-hydrogen) atoms. The fraction of sp³-hybridized carbons (Fsp3) is 0.182. The second-order valence-electron chi connectivity index (χ2n) is 3.24. The van der Waals surface area contributed by atoms with Crippen molar-refractivity contribution in [1.29, 1.82) is 0 Å². The van der Waals surface area contributed by atoms with Crippen LogP contribution in [0.25, 0.3) is 0 Å². The summed E-state index contributed by atoms with van der Waals surface area (Å²) in [7, 11) is 0. The second kappa shape index (κ2) is 4.07. The smallest absolute Gasteiger partial charge is 0.0659 e. The zero-order valence-corrected chi connectivity index (χ0v) is 7.93. The summed E-state index contributed by atoms with van der Waals surface area (Å²) in [5, 5.41) is 4.22. The van der Waals surface area contributed by atoms with Gasteiger partial charge in [-0.2, -0.15) is 5.10 Å². The molecule has 0 aliphatic heterocycles. The molecule has 0 saturated heterocycles. The van der Waals surface area contributed by atoms with Gasteiger partial charge in [0.25, 0.3) is 0 Å². The van der Waals surface area contributed by atoms with Crippen LogP contribution < -0.4 is 5.73 Å². The monoisotopic (exact) mass is 187 g/mol. The molecule has 3 heteroatoms. The lowest BCUT2D eigenvalue weighted by Crippen LogP contribution is -1.99. The van der Waals surface area contributed by atoms with Gasteiger partial charge in [0.1, 0.15) is 0 Å². The van der Waals surface area contributed by atoms with E-state index in [0.717, 1.165) is 12.1 Å². The first-order chi connectivity index (χ1) is 6.88. The highest BCUT2D eigenvalue weighted by Gasteiger charge is 1.96. The lowest BCUT2D eigenvalue weighted by atomic mass is 10.2. The van der Waals surface area contributed by atoms with Crippen LogP contribution in [0.3, 0.4) is 0 Å². The molecule has 2 rings (SSSR count). The van der Waals surface area contributed by atoms with E-state index in [9.17, 15) is 0 Å². The van der Waals surface area contributed by atoms with Crippen molar-refractivity contribution >= 4 is 0 Å². The van der Waals surface area contributed by atoms with E-state index in [-0.39, 0.29) is 0 Å². The molecule has 0 aliphatic rings. The molecule has 0 radical (unpaired) electrons. The standard InChI is InChI=1S/C11H13N3/c12-6-11-7-13-14(9-11)8-10-4-2-1-3-5-10/h1-5,7,9H,6,8,12H2. The summed E-state index contributed by atoms with van der Waals surface area (Å²) in [5.74, 6) is 0. The summed E-state index contributed by atoms with van der Waals surface area (Å²) >= 11 is 0. The number of benzene rings is 1. The quantitative estimate of drug-likeness (QED) is 0.789. The molecule has 1 aromatic carbocycles. The molecule has 1 aromatic heterocycles. The van der Waals surface area contributed by atoms with Gasteiger partial charge in [-0.25, -0.2) is 0 Å². The molecule has 0 fully saturated rings. The maximum atomic E-state index is 5.50. The van der Waals surface area contributed by atoms with Crippen molar-refractivity contribution in [3.05, 3.63) is 53.9 Å². The second-order valence-corrected chi connectivity index (χ2v) is 3.24. The van der Waals surface area contributed by atoms with Crippen molar-refractivity contribution in [3.63, 3.8) is 0 Å². The minimum absolute atomic E-state index is 0.550. The van der Waals surface area contributed by atoms with Crippen LogP contribution >= 0.6 is 0 Å². The number of hydrogen-bond acceptors (Lipinski definition) is 2. The molecule has 0 aliphatic carbocycles. The van der Waals surface area contributed by atoms with E-state index in [1.807, 2.05) is 35.3 Å². The maximum absolute atomic E-state index is 5.50. The van der Waals surface area contributed by atoms with Crippen molar-refractivity contribution in [1.82, 2.24) is 9.78 Å². The summed E-state index contributed by atoms with van der Waals surface area (Å²) in [6, 6.07) is 10.2. The minimum Gasteiger partial charge on any atom is -0.326 e. The third-order valence-corrected chi connectivity index (χ3v) is 2.11. The van der Waals surface area contributed by atoms with Gasteiger partial charge < -0.3 is 5.73 Å². The number of hydrogen-bond donors (Lipinski definition) is 1. The topological polar surface area (TPSA) is 43.8 Å². The van der Waals surface area contributed by atoms with Crippen molar-refractivity contribution in [2.45, 2.75) is 13.1 Å². The van der Waals surface area contributed by atoms with Crippen LogP contribution in [0, 0.1) is 0 Å². The van der Waals surface area contributed by atoms with Crippen molar-refractivity contribution < 1.29 is 0 Å². The molecular weight excluding hydrogens is 174 g/mol. The SMILES string of the molecule is NCc1cnn(Cc2ccccc2)c1. The van der Waals surface area contributed by atoms with Crippen molar-refractivity contribution in [3.8, 4) is 0 Å². The number of nitrogens with zero attached hydrogens (tertiary/aromatic N) is 2. The zero-order chi connectivity index (χ0) is 9.80. The molecule has 0 atom stereocenters. The van der Waals surface area contributed by atoms with Gasteiger partial charge in [-0.05, 0) is 5.56 Å². The van der Waals surface area contributed by atoms with E-state index in [1.54, 1.807) is 0 Å². The molecule has 1 heterocycles. The zero-order valence-electron chi connectivity index (χ0n) is 7.93. The Morgan fingerprint density at radius 2 is 1.93 bits per heavy atom. The average Bonchev–Trinajstić information content (AvgIpc) is 2.67. The van der Waals surface area contributed by atoms with Gasteiger partial charge in [0.15, 0.2) is 0 Å². The van der Waals surface area contributed by atoms with Crippen molar-refractivity contribution in [2.24, 2.45) is 5.73 Å². The predicted octanol–water partition coefficient (Wildman–Crippen LogP) is 1.39. The van der Waals surface area contributed by atoms with Crippen LogP contribution in [0.5, 0.6) is 0 Å². The van der Waals surface area contributed by atoms with Crippen LogP contribution in [0.2, 0.25) is 0 Å². The lowest BCUT2D eigenvalue weighted by Gasteiger charge is -2.00. The van der Waals surface area contributed by atoms with Gasteiger partial charge in [0.2, 0.25) is 0 Å². The molecule has 72 valence electrons. The third kappa shape index (κ3) is 2.00. The lowest BCUT2D eigenvalue weighted by molar-refractivity contribution is 0.686. The highest BCUT2D eigenvalue weighted by molar-refractivity contribution is 5.15. The molecule has 0 unspecified atom stereocenters. The van der Waals surface area contributed by atoms with Gasteiger partial charge in [-0.15, -0.1) is 0 Å². The van der Waals surface area contributed by atoms with Gasteiger partial charge >= 0.3 is 0 Å². The summed E-state index contributed by atoms with van der Waals surface area (Å²) in [6.07, 6.45) is 3.79. The molecule has 0 spiro atoms. The minimum atomic E-state index is 0.550. The summed E-state index contributed by atoms with van der Waals surface area (Å²) < 4.78 is 1.90. The third-order valence-electron chi connectivity index (χ3n) is 2.11. The molecular formula is C11H13N3. The van der Waals surface area contributed by atoms with Crippen LogP contribution in [0.1, 0.15) is 11.1 Å². The summed E-state index contributed by atoms with van der Waals surface area (Å²) in [4.78, 5) is 0. The van der Waals surface area contributed by atoms with Crippen molar-refractivity contribution in [2.75, 3.05) is 0 Å². The fourth-order valence-corrected chi connectivity index (χ4v) is 1.37. The Morgan fingerprint density at radius 3 is 2.57 bits per heavy atom. The van der Waals surface area contributed by atoms with E-state index < -0.39 is 0 Å². The molecule has 0 saturated carbocycles. The Bertz CT molecular complexity index is 392. The summed E-state index contributed by atoms with van der Waals surface area (Å²) in [5.41, 5.74) is 7.82. The van der Waals surface area contributed by atoms with Gasteiger partial charge in [-0.1, -0.05) is 30.3 Å². The highest BCUT2D eigenvalue weighted by Crippen LogP contribution is 2.03. The number of nitrogens with two attached hydrogens (primary N) is 1. The van der Waals surface area contributed by atoms with E-state index in [4.69, 9.17) is 5.73 Å². The Balaban J connectivity index is 2.11. The van der Waals surface area contributed by atoms with E-state index >= 15 is 0 Å². The number of rotatable bonds is 3. The van der Waals surface area contributed by atoms with Crippen LogP contribution in [-0.4, -0.2) is 9.78 Å². The number of aromatic nitrogens is 2. The Hall–Kier alpha value is -1.61. The van der Waals surface area contributed by atoms with E-state index in [1.165, 1.54) is 5.56 Å². The van der Waals surface area contributed by atoms with Crippen LogP contribution in [-0.2, 0) is 13.1 Å². The average molecular weight is 187 g/mol. The molecule has 3 nitrogen and oxygen atoms in total. The fourth-order valence-electron chi connectivity index (χ4n) is 1.37. The van der Waals surface area contributed by atoms with Crippen LogP contribution in [0.4, 0.5) is 0 Å². The van der Waals surface area contributed by atoms with Crippen LogP contribution in [0.15, 0.2) is 42.7 Å². The first-order valence-corrected chi connectivity index (χ1v) is 4.64. The van der Waals surface area contributed by atoms with E-state index in [0.29, 0.717) is 6.54 Å². The Morgan fingerprint density at radius 1 is 1.14 bits per heavy atom. The largest absolute Gasteiger partial charge is 0.326 e.